The number of amides is 3. The molecule has 3 amide bonds. The zero-order valence-corrected chi connectivity index (χ0v) is 32.7. The molecule has 0 aliphatic carbocycles. The summed E-state index contributed by atoms with van der Waals surface area (Å²) in [6, 6.07) is 18.9. The Hall–Kier alpha value is -6.30. The number of aromatic amines is 1. The van der Waals surface area contributed by atoms with Gasteiger partial charge in [0, 0.05) is 17.3 Å². The molecule has 0 saturated carbocycles. The second-order valence-electron chi connectivity index (χ2n) is 15.3. The van der Waals surface area contributed by atoms with Crippen molar-refractivity contribution < 1.29 is 41.4 Å². The highest BCUT2D eigenvalue weighted by atomic mass is 35.5. The molecule has 19 heteroatoms. The molecule has 308 valence electrons. The fourth-order valence-electron chi connectivity index (χ4n) is 6.98. The lowest BCUT2D eigenvalue weighted by Crippen LogP contribution is -2.58. The lowest BCUT2D eigenvalue weighted by Gasteiger charge is -2.38. The standard InChI is InChI=1S/C40H38ClF4N9O5/c1-38(2,3)20-40(28-12-9-25(10-13-28)27-16-48-53(17-27)34(42)43)33(55)54(35(50-40)49-36(56)58-18-24-7-5-4-6-8-24)31(19-59-37(57)52-21-39(44,45)22-52)26-11-14-30(41)29(15-26)32-46-23-47-51-32/h4-17,23,31,34H,18-22H2,1-3H3,(H,46,47,51)(H,49,50,56)/t31?,40-/m1/s1. The molecule has 4 heterocycles. The number of carbonyl (C=O) groups excluding carboxylic acids is 3. The van der Waals surface area contributed by atoms with Gasteiger partial charge in [-0.15, -0.1) is 0 Å². The molecule has 2 N–H and O–H groups in total. The fourth-order valence-corrected chi connectivity index (χ4v) is 7.19. The largest absolute Gasteiger partial charge is 0.447 e. The van der Waals surface area contributed by atoms with E-state index < -0.39 is 67.3 Å². The topological polar surface area (TPSA) is 160 Å². The zero-order valence-electron chi connectivity index (χ0n) is 31.9. The van der Waals surface area contributed by atoms with Gasteiger partial charge in [0.25, 0.3) is 11.8 Å². The second-order valence-corrected chi connectivity index (χ2v) is 15.7. The Kier molecular flexibility index (Phi) is 11.2. The van der Waals surface area contributed by atoms with Crippen molar-refractivity contribution in [2.45, 2.75) is 57.9 Å². The summed E-state index contributed by atoms with van der Waals surface area (Å²) in [5.74, 6) is -3.69. The molecule has 0 spiro atoms. The van der Waals surface area contributed by atoms with Crippen LogP contribution >= 0.6 is 11.6 Å². The molecule has 2 aliphatic rings. The van der Waals surface area contributed by atoms with Gasteiger partial charge in [-0.25, -0.2) is 33.0 Å². The van der Waals surface area contributed by atoms with Crippen molar-refractivity contribution in [3.63, 3.8) is 0 Å². The number of hydrogen-bond acceptors (Lipinski definition) is 9. The molecule has 1 unspecified atom stereocenters. The molecule has 2 aromatic heterocycles. The smallest absolute Gasteiger partial charge is 0.414 e. The number of rotatable bonds is 11. The average Bonchev–Trinajstić information content (AvgIpc) is 3.95. The maximum absolute atomic E-state index is 15.5. The molecule has 1 saturated heterocycles. The van der Waals surface area contributed by atoms with Gasteiger partial charge in [-0.2, -0.15) is 19.0 Å². The Morgan fingerprint density at radius 2 is 1.73 bits per heavy atom. The number of halogens is 5. The Morgan fingerprint density at radius 1 is 1.00 bits per heavy atom. The van der Waals surface area contributed by atoms with Crippen LogP contribution in [0.3, 0.4) is 0 Å². The first-order valence-corrected chi connectivity index (χ1v) is 18.7. The van der Waals surface area contributed by atoms with Gasteiger partial charge < -0.3 is 9.47 Å². The number of alkyl halides is 4. The summed E-state index contributed by atoms with van der Waals surface area (Å²) in [5, 5.41) is 13.3. The van der Waals surface area contributed by atoms with E-state index in [9.17, 15) is 27.2 Å². The number of nitrogens with one attached hydrogen (secondary N) is 2. The number of guanidine groups is 1. The number of alkyl carbamates (subject to hydrolysis) is 1. The van der Waals surface area contributed by atoms with Crippen LogP contribution in [0.25, 0.3) is 22.5 Å². The van der Waals surface area contributed by atoms with E-state index in [1.54, 1.807) is 60.7 Å². The number of aromatic nitrogens is 5. The minimum absolute atomic E-state index is 0.0849. The summed E-state index contributed by atoms with van der Waals surface area (Å²) in [7, 11) is 0. The number of benzene rings is 3. The van der Waals surface area contributed by atoms with E-state index in [1.807, 2.05) is 26.8 Å². The maximum atomic E-state index is 15.5. The summed E-state index contributed by atoms with van der Waals surface area (Å²) in [5.41, 5.74) is 0.396. The fraction of sp³-hybridized carbons (Fsp3) is 0.325. The van der Waals surface area contributed by atoms with E-state index in [-0.39, 0.29) is 29.8 Å². The number of hydrogen-bond donors (Lipinski definition) is 2. The normalized spacial score (nSPS) is 18.1. The quantitative estimate of drug-likeness (QED) is 0.127. The van der Waals surface area contributed by atoms with E-state index in [2.05, 4.69) is 25.6 Å². The van der Waals surface area contributed by atoms with Crippen molar-refractivity contribution in [3.05, 3.63) is 113 Å². The van der Waals surface area contributed by atoms with Gasteiger partial charge in [-0.3, -0.25) is 25.0 Å². The van der Waals surface area contributed by atoms with Crippen molar-refractivity contribution >= 4 is 35.7 Å². The van der Waals surface area contributed by atoms with Gasteiger partial charge in [-0.05, 0) is 46.2 Å². The lowest BCUT2D eigenvalue weighted by atomic mass is 9.75. The Bertz CT molecular complexity index is 2350. The van der Waals surface area contributed by atoms with Gasteiger partial charge in [0.05, 0.1) is 30.4 Å². The third kappa shape index (κ3) is 8.91. The molecule has 14 nitrogen and oxygen atoms in total. The van der Waals surface area contributed by atoms with E-state index in [0.29, 0.717) is 38.1 Å². The SMILES string of the molecule is CC(C)(C)C[C@]1(c2ccc(-c3cnn(C(F)F)c3)cc2)N=C(NC(=O)OCc2ccccc2)N(C(COC(=O)N2CC(F)(F)C2)c2ccc(Cl)c(-c3ncn[nH]3)c2)C1=O. The molecule has 2 aliphatic heterocycles. The third-order valence-corrected chi connectivity index (χ3v) is 9.96. The molecular weight excluding hydrogens is 798 g/mol. The first-order valence-electron chi connectivity index (χ1n) is 18.3. The highest BCUT2D eigenvalue weighted by Gasteiger charge is 2.54. The number of aliphatic imine (C=N–C) groups is 1. The van der Waals surface area contributed by atoms with E-state index in [4.69, 9.17) is 26.1 Å². The van der Waals surface area contributed by atoms with Crippen molar-refractivity contribution in [1.82, 2.24) is 40.1 Å². The van der Waals surface area contributed by atoms with E-state index in [0.717, 1.165) is 4.90 Å². The number of H-pyrrole nitrogens is 1. The van der Waals surface area contributed by atoms with Crippen LogP contribution in [0.15, 0.2) is 96.5 Å². The molecule has 0 radical (unpaired) electrons. The minimum atomic E-state index is -3.07. The average molecular weight is 836 g/mol. The van der Waals surface area contributed by atoms with Crippen LogP contribution in [0, 0.1) is 5.41 Å². The zero-order chi connectivity index (χ0) is 42.1. The van der Waals surface area contributed by atoms with Crippen LogP contribution in [0.2, 0.25) is 5.02 Å². The summed E-state index contributed by atoms with van der Waals surface area (Å²) in [6.45, 7) is 0.479. The minimum Gasteiger partial charge on any atom is -0.447 e. The molecular formula is C40H38ClF4N9O5. The van der Waals surface area contributed by atoms with Crippen LogP contribution < -0.4 is 5.32 Å². The van der Waals surface area contributed by atoms with Crippen LogP contribution in [0.5, 0.6) is 0 Å². The molecule has 3 aromatic carbocycles. The Morgan fingerprint density at radius 3 is 2.36 bits per heavy atom. The van der Waals surface area contributed by atoms with Crippen LogP contribution in [-0.4, -0.2) is 84.4 Å². The van der Waals surface area contributed by atoms with Crippen molar-refractivity contribution in [1.29, 1.82) is 0 Å². The predicted octanol–water partition coefficient (Wildman–Crippen LogP) is 7.97. The van der Waals surface area contributed by atoms with Crippen LogP contribution in [0.1, 0.15) is 56.5 Å². The summed E-state index contributed by atoms with van der Waals surface area (Å²) in [6.07, 6.45) is 1.85. The van der Waals surface area contributed by atoms with Crippen molar-refractivity contribution in [3.8, 4) is 22.5 Å². The van der Waals surface area contributed by atoms with Crippen molar-refractivity contribution in [2.75, 3.05) is 19.7 Å². The number of nitrogens with zero attached hydrogens (tertiary/aromatic N) is 7. The molecule has 59 heavy (non-hydrogen) atoms. The van der Waals surface area contributed by atoms with E-state index in [1.165, 1.54) is 29.7 Å². The van der Waals surface area contributed by atoms with Gasteiger partial charge in [0.1, 0.15) is 19.5 Å². The molecule has 5 aromatic rings. The number of likely N-dealkylation sites (tertiary alicyclic amines) is 1. The molecule has 0 bridgehead atoms. The summed E-state index contributed by atoms with van der Waals surface area (Å²) < 4.78 is 65.9. The van der Waals surface area contributed by atoms with E-state index >= 15 is 4.79 Å². The van der Waals surface area contributed by atoms with Crippen LogP contribution in [0.4, 0.5) is 27.2 Å². The number of carbonyl (C=O) groups is 3. The number of ether oxygens (including phenoxy) is 2. The molecule has 1 fully saturated rings. The van der Waals surface area contributed by atoms with Crippen LogP contribution in [-0.2, 0) is 26.4 Å². The highest BCUT2D eigenvalue weighted by Crippen LogP contribution is 2.46. The Labute approximate surface area is 340 Å². The third-order valence-electron chi connectivity index (χ3n) is 9.63. The monoisotopic (exact) mass is 835 g/mol. The molecule has 7 rings (SSSR count). The lowest BCUT2D eigenvalue weighted by molar-refractivity contribution is -0.135. The first-order chi connectivity index (χ1) is 28.0. The van der Waals surface area contributed by atoms with Gasteiger partial charge in [0.2, 0.25) is 5.96 Å². The second kappa shape index (κ2) is 16.2. The van der Waals surface area contributed by atoms with Gasteiger partial charge in [-0.1, -0.05) is 93.0 Å². The predicted molar refractivity (Wildman–Crippen MR) is 206 cm³/mol. The van der Waals surface area contributed by atoms with Gasteiger partial charge >= 0.3 is 18.7 Å². The summed E-state index contributed by atoms with van der Waals surface area (Å²) >= 11 is 6.59. The first kappa shape index (κ1) is 40.9. The van der Waals surface area contributed by atoms with Crippen molar-refractivity contribution in [2.24, 2.45) is 10.4 Å². The molecule has 2 atom stereocenters. The summed E-state index contributed by atoms with van der Waals surface area (Å²) in [4.78, 5) is 53.3. The maximum Gasteiger partial charge on any atom is 0.414 e. The highest BCUT2D eigenvalue weighted by molar-refractivity contribution is 6.33. The van der Waals surface area contributed by atoms with Gasteiger partial charge in [0.15, 0.2) is 11.4 Å². The Balaban J connectivity index is 1.32.